The highest BCUT2D eigenvalue weighted by atomic mass is 79.9. The van der Waals surface area contributed by atoms with Crippen LogP contribution in [-0.4, -0.2) is 22.2 Å². The smallest absolute Gasteiger partial charge is 0.251 e. The summed E-state index contributed by atoms with van der Waals surface area (Å²) in [5, 5.41) is 4.14. The number of carbonyl (C=O) groups excluding carboxylic acids is 1. The Kier molecular flexibility index (Phi) is 3.78. The van der Waals surface area contributed by atoms with Crippen LogP contribution in [0.25, 0.3) is 0 Å². The number of halogens is 1. The number of nitrogens with two attached hydrogens (primary N) is 2. The first-order valence-electron chi connectivity index (χ1n) is 5.41. The fourth-order valence-corrected chi connectivity index (χ4v) is 2.16. The van der Waals surface area contributed by atoms with Crippen LogP contribution in [0.2, 0.25) is 0 Å². The summed E-state index contributed by atoms with van der Waals surface area (Å²) in [6.45, 7) is 0.385. The molecule has 18 heavy (non-hydrogen) atoms. The van der Waals surface area contributed by atoms with Gasteiger partial charge in [-0.15, -0.1) is 0 Å². The van der Waals surface area contributed by atoms with Crippen LogP contribution in [0.15, 0.2) is 41.1 Å². The lowest BCUT2D eigenvalue weighted by Crippen LogP contribution is -2.21. The number of amides is 1. The maximum absolute atomic E-state index is 11.0. The van der Waals surface area contributed by atoms with Crippen molar-refractivity contribution in [2.24, 2.45) is 11.5 Å². The van der Waals surface area contributed by atoms with E-state index in [4.69, 9.17) is 11.5 Å². The topological polar surface area (TPSA) is 86.9 Å². The summed E-state index contributed by atoms with van der Waals surface area (Å²) in [6, 6.07) is 7.70. The van der Waals surface area contributed by atoms with Gasteiger partial charge in [0.05, 0.1) is 17.8 Å². The number of benzene rings is 1. The highest BCUT2D eigenvalue weighted by Gasteiger charge is 2.14. The molecule has 5 nitrogen and oxygen atoms in total. The predicted molar refractivity (Wildman–Crippen MR) is 72.1 cm³/mol. The number of aromatic nitrogens is 2. The Morgan fingerprint density at radius 2 is 2.28 bits per heavy atom. The van der Waals surface area contributed by atoms with Gasteiger partial charge in [0.2, 0.25) is 0 Å². The normalized spacial score (nSPS) is 12.3. The quantitative estimate of drug-likeness (QED) is 0.892. The Morgan fingerprint density at radius 3 is 2.83 bits per heavy atom. The van der Waals surface area contributed by atoms with Gasteiger partial charge in [-0.3, -0.25) is 9.48 Å². The molecule has 1 amide bonds. The molecule has 0 aliphatic carbocycles. The Hall–Kier alpha value is -1.66. The molecular formula is C12H13BrN4O. The van der Waals surface area contributed by atoms with Crippen LogP contribution >= 0.6 is 15.9 Å². The summed E-state index contributed by atoms with van der Waals surface area (Å²) in [5.74, 6) is -0.494. The summed E-state index contributed by atoms with van der Waals surface area (Å²) in [6.07, 6.45) is 3.06. The van der Waals surface area contributed by atoms with Gasteiger partial charge in [0.15, 0.2) is 0 Å². The van der Waals surface area contributed by atoms with Crippen molar-refractivity contribution >= 4 is 21.8 Å². The van der Waals surface area contributed by atoms with E-state index in [0.29, 0.717) is 12.1 Å². The molecule has 0 saturated heterocycles. The third-order valence-corrected chi connectivity index (χ3v) is 3.16. The highest BCUT2D eigenvalue weighted by molar-refractivity contribution is 9.10. The van der Waals surface area contributed by atoms with Crippen molar-refractivity contribution in [1.82, 2.24) is 9.78 Å². The van der Waals surface area contributed by atoms with Gasteiger partial charge in [0.25, 0.3) is 5.91 Å². The first-order chi connectivity index (χ1) is 8.61. The third-order valence-electron chi connectivity index (χ3n) is 2.66. The van der Waals surface area contributed by atoms with Crippen molar-refractivity contribution in [3.8, 4) is 0 Å². The van der Waals surface area contributed by atoms with E-state index in [2.05, 4.69) is 21.0 Å². The lowest BCUT2D eigenvalue weighted by atomic mass is 10.1. The minimum atomic E-state index is -0.494. The van der Waals surface area contributed by atoms with Gasteiger partial charge in [0, 0.05) is 17.2 Å². The number of rotatable bonds is 4. The summed E-state index contributed by atoms with van der Waals surface area (Å²) >= 11 is 3.42. The van der Waals surface area contributed by atoms with Crippen molar-refractivity contribution in [2.75, 3.05) is 6.54 Å². The fraction of sp³-hybridized carbons (Fsp3) is 0.167. The van der Waals surface area contributed by atoms with E-state index in [1.165, 1.54) is 6.20 Å². The predicted octanol–water partition coefficient (Wildman–Crippen LogP) is 1.29. The molecule has 1 unspecified atom stereocenters. The average molecular weight is 309 g/mol. The van der Waals surface area contributed by atoms with Crippen LogP contribution < -0.4 is 11.5 Å². The molecule has 0 fully saturated rings. The van der Waals surface area contributed by atoms with E-state index in [0.717, 1.165) is 10.0 Å². The molecule has 2 aromatic rings. The van der Waals surface area contributed by atoms with Crippen molar-refractivity contribution in [2.45, 2.75) is 6.04 Å². The van der Waals surface area contributed by atoms with Crippen molar-refractivity contribution in [1.29, 1.82) is 0 Å². The summed E-state index contributed by atoms with van der Waals surface area (Å²) in [5.41, 5.74) is 12.4. The third kappa shape index (κ3) is 2.60. The Morgan fingerprint density at radius 1 is 1.50 bits per heavy atom. The zero-order valence-electron chi connectivity index (χ0n) is 9.58. The molecule has 6 heteroatoms. The number of primary amides is 1. The van der Waals surface area contributed by atoms with Crippen LogP contribution in [0, 0.1) is 0 Å². The SMILES string of the molecule is NCC(c1cccc(Br)c1)n1cc(C(N)=O)cn1. The molecule has 1 aromatic carbocycles. The molecule has 0 aliphatic rings. The van der Waals surface area contributed by atoms with Gasteiger partial charge in [-0.1, -0.05) is 28.1 Å². The molecule has 0 spiro atoms. The van der Waals surface area contributed by atoms with E-state index in [1.807, 2.05) is 24.3 Å². The van der Waals surface area contributed by atoms with Gasteiger partial charge in [-0.05, 0) is 17.7 Å². The summed E-state index contributed by atoms with van der Waals surface area (Å²) < 4.78 is 2.63. The van der Waals surface area contributed by atoms with Crippen LogP contribution in [0.3, 0.4) is 0 Å². The fourth-order valence-electron chi connectivity index (χ4n) is 1.75. The Balaban J connectivity index is 2.35. The number of nitrogens with zero attached hydrogens (tertiary/aromatic N) is 2. The minimum absolute atomic E-state index is 0.115. The average Bonchev–Trinajstić information content (AvgIpc) is 2.80. The van der Waals surface area contributed by atoms with Gasteiger partial charge in [-0.25, -0.2) is 0 Å². The van der Waals surface area contributed by atoms with E-state index in [1.54, 1.807) is 10.9 Å². The monoisotopic (exact) mass is 308 g/mol. The van der Waals surface area contributed by atoms with Crippen LogP contribution in [0.5, 0.6) is 0 Å². The molecule has 0 bridgehead atoms. The van der Waals surface area contributed by atoms with E-state index in [9.17, 15) is 4.79 Å². The number of hydrogen-bond donors (Lipinski definition) is 2. The molecule has 4 N–H and O–H groups in total. The van der Waals surface area contributed by atoms with Gasteiger partial charge < -0.3 is 11.5 Å². The van der Waals surface area contributed by atoms with Crippen molar-refractivity contribution < 1.29 is 4.79 Å². The second kappa shape index (κ2) is 5.32. The summed E-state index contributed by atoms with van der Waals surface area (Å²) in [4.78, 5) is 11.0. The molecule has 0 radical (unpaired) electrons. The first-order valence-corrected chi connectivity index (χ1v) is 6.20. The lowest BCUT2D eigenvalue weighted by Gasteiger charge is -2.16. The Bertz CT molecular complexity index is 567. The van der Waals surface area contributed by atoms with Gasteiger partial charge in [0.1, 0.15) is 0 Å². The molecule has 1 aromatic heterocycles. The van der Waals surface area contributed by atoms with E-state index in [-0.39, 0.29) is 6.04 Å². The molecule has 0 saturated carbocycles. The first kappa shape index (κ1) is 12.8. The molecule has 1 heterocycles. The lowest BCUT2D eigenvalue weighted by molar-refractivity contribution is 0.1000. The van der Waals surface area contributed by atoms with Crippen LogP contribution in [0.1, 0.15) is 22.0 Å². The second-order valence-electron chi connectivity index (χ2n) is 3.88. The van der Waals surface area contributed by atoms with Gasteiger partial charge in [-0.2, -0.15) is 5.10 Å². The molecule has 94 valence electrons. The molecule has 2 rings (SSSR count). The van der Waals surface area contributed by atoms with Crippen LogP contribution in [0.4, 0.5) is 0 Å². The zero-order chi connectivity index (χ0) is 13.1. The molecule has 0 aliphatic heterocycles. The zero-order valence-corrected chi connectivity index (χ0v) is 11.2. The highest BCUT2D eigenvalue weighted by Crippen LogP contribution is 2.20. The summed E-state index contributed by atoms with van der Waals surface area (Å²) in [7, 11) is 0. The van der Waals surface area contributed by atoms with Gasteiger partial charge >= 0.3 is 0 Å². The standard InChI is InChI=1S/C12H13BrN4O/c13-10-3-1-2-8(4-10)11(5-14)17-7-9(6-16-17)12(15)18/h1-4,6-7,11H,5,14H2,(H2,15,18). The second-order valence-corrected chi connectivity index (χ2v) is 4.80. The van der Waals surface area contributed by atoms with Crippen molar-refractivity contribution in [3.63, 3.8) is 0 Å². The van der Waals surface area contributed by atoms with E-state index >= 15 is 0 Å². The number of carbonyl (C=O) groups is 1. The Labute approximate surface area is 113 Å². The largest absolute Gasteiger partial charge is 0.366 e. The number of hydrogen-bond acceptors (Lipinski definition) is 3. The maximum Gasteiger partial charge on any atom is 0.251 e. The molecule has 1 atom stereocenters. The van der Waals surface area contributed by atoms with Crippen molar-refractivity contribution in [3.05, 3.63) is 52.3 Å². The van der Waals surface area contributed by atoms with E-state index < -0.39 is 5.91 Å². The molecular weight excluding hydrogens is 296 g/mol. The van der Waals surface area contributed by atoms with Crippen LogP contribution in [-0.2, 0) is 0 Å². The minimum Gasteiger partial charge on any atom is -0.366 e. The maximum atomic E-state index is 11.0.